The Hall–Kier alpha value is -2.75. The Balaban J connectivity index is 1.87. The second kappa shape index (κ2) is 9.81. The van der Waals surface area contributed by atoms with E-state index in [1.54, 1.807) is 0 Å². The molecule has 1 fully saturated rings. The lowest BCUT2D eigenvalue weighted by molar-refractivity contribution is -0.120. The summed E-state index contributed by atoms with van der Waals surface area (Å²) >= 11 is 6.16. The number of ketones is 1. The fourth-order valence-corrected chi connectivity index (χ4v) is 5.35. The van der Waals surface area contributed by atoms with Crippen LogP contribution in [0.3, 0.4) is 0 Å². The maximum atomic E-state index is 13.3. The van der Waals surface area contributed by atoms with Gasteiger partial charge in [0.25, 0.3) is 0 Å². The van der Waals surface area contributed by atoms with Crippen molar-refractivity contribution in [3.8, 4) is 0 Å². The Morgan fingerprint density at radius 1 is 1.06 bits per heavy atom. The number of nitrogens with one attached hydrogen (secondary N) is 1. The molecule has 170 valence electrons. The average molecular weight is 479 g/mol. The van der Waals surface area contributed by atoms with Crippen molar-refractivity contribution >= 4 is 45.0 Å². The SMILES string of the molecule is COC(=O)c1ccc(Cl)c(NC(=O)C2CCCCN2S(=O)(=O)c2ccc(C(C)=O)cc2)c1. The number of methoxy groups -OCH3 is 1. The molecule has 2 aromatic carbocycles. The van der Waals surface area contributed by atoms with Gasteiger partial charge in [0.15, 0.2) is 5.78 Å². The van der Waals surface area contributed by atoms with Gasteiger partial charge in [0.1, 0.15) is 6.04 Å². The monoisotopic (exact) mass is 478 g/mol. The molecule has 1 atom stereocenters. The lowest BCUT2D eigenvalue weighted by Gasteiger charge is -2.33. The summed E-state index contributed by atoms with van der Waals surface area (Å²) in [6.45, 7) is 1.58. The van der Waals surface area contributed by atoms with Crippen molar-refractivity contribution in [2.45, 2.75) is 37.1 Å². The normalized spacial score (nSPS) is 16.9. The van der Waals surface area contributed by atoms with E-state index in [-0.39, 0.29) is 33.5 Å². The van der Waals surface area contributed by atoms with E-state index in [2.05, 4.69) is 10.1 Å². The van der Waals surface area contributed by atoms with Gasteiger partial charge in [-0.1, -0.05) is 30.2 Å². The summed E-state index contributed by atoms with van der Waals surface area (Å²) in [5.41, 5.74) is 0.788. The van der Waals surface area contributed by atoms with Gasteiger partial charge in [0.05, 0.1) is 28.3 Å². The van der Waals surface area contributed by atoms with Crippen LogP contribution in [0.4, 0.5) is 5.69 Å². The summed E-state index contributed by atoms with van der Waals surface area (Å²) in [5, 5.41) is 2.85. The van der Waals surface area contributed by atoms with E-state index in [0.717, 1.165) is 0 Å². The molecule has 32 heavy (non-hydrogen) atoms. The Bertz CT molecular complexity index is 1150. The molecule has 1 N–H and O–H groups in total. The Kier molecular flexibility index (Phi) is 7.33. The highest BCUT2D eigenvalue weighted by molar-refractivity contribution is 7.89. The molecule has 1 unspecified atom stereocenters. The van der Waals surface area contributed by atoms with Gasteiger partial charge >= 0.3 is 5.97 Å². The zero-order valence-electron chi connectivity index (χ0n) is 17.6. The van der Waals surface area contributed by atoms with Crippen LogP contribution in [-0.2, 0) is 19.6 Å². The first-order valence-electron chi connectivity index (χ1n) is 9.96. The minimum absolute atomic E-state index is 0.00733. The van der Waals surface area contributed by atoms with E-state index >= 15 is 0 Å². The number of benzene rings is 2. The van der Waals surface area contributed by atoms with Gasteiger partial charge < -0.3 is 10.1 Å². The minimum atomic E-state index is -3.97. The zero-order chi connectivity index (χ0) is 23.5. The molecular weight excluding hydrogens is 456 g/mol. The molecule has 10 heteroatoms. The number of amides is 1. The first-order valence-corrected chi connectivity index (χ1v) is 11.8. The largest absolute Gasteiger partial charge is 0.465 e. The molecule has 0 aliphatic carbocycles. The highest BCUT2D eigenvalue weighted by Gasteiger charge is 2.37. The van der Waals surface area contributed by atoms with Crippen molar-refractivity contribution in [1.29, 1.82) is 0 Å². The first-order chi connectivity index (χ1) is 15.1. The zero-order valence-corrected chi connectivity index (χ0v) is 19.2. The lowest BCUT2D eigenvalue weighted by atomic mass is 10.0. The number of carbonyl (C=O) groups excluding carboxylic acids is 3. The summed E-state index contributed by atoms with van der Waals surface area (Å²) in [5.74, 6) is -1.30. The summed E-state index contributed by atoms with van der Waals surface area (Å²) in [6.07, 6.45) is 1.64. The number of esters is 1. The predicted octanol–water partition coefficient (Wildman–Crippen LogP) is 3.51. The van der Waals surface area contributed by atoms with Crippen LogP contribution >= 0.6 is 11.6 Å². The molecule has 1 aliphatic rings. The molecule has 1 saturated heterocycles. The molecule has 0 bridgehead atoms. The Labute approximate surface area is 191 Å². The predicted molar refractivity (Wildman–Crippen MR) is 119 cm³/mol. The second-order valence-electron chi connectivity index (χ2n) is 7.38. The van der Waals surface area contributed by atoms with Gasteiger partial charge in [-0.3, -0.25) is 9.59 Å². The first kappa shape index (κ1) is 23.9. The third-order valence-corrected chi connectivity index (χ3v) is 7.52. The molecule has 3 rings (SSSR count). The smallest absolute Gasteiger partial charge is 0.337 e. The van der Waals surface area contributed by atoms with Crippen molar-refractivity contribution < 1.29 is 27.5 Å². The number of ether oxygens (including phenoxy) is 1. The van der Waals surface area contributed by atoms with Crippen LogP contribution in [0.1, 0.15) is 46.9 Å². The summed E-state index contributed by atoms with van der Waals surface area (Å²) in [7, 11) is -2.73. The molecule has 1 amide bonds. The van der Waals surface area contributed by atoms with E-state index in [1.165, 1.54) is 60.8 Å². The lowest BCUT2D eigenvalue weighted by Crippen LogP contribution is -2.49. The molecule has 0 radical (unpaired) electrons. The van der Waals surface area contributed by atoms with Crippen LogP contribution in [0, 0.1) is 0 Å². The van der Waals surface area contributed by atoms with Crippen LogP contribution in [0.15, 0.2) is 47.4 Å². The fraction of sp³-hybridized carbons (Fsp3) is 0.318. The molecule has 1 heterocycles. The number of carbonyl (C=O) groups is 3. The van der Waals surface area contributed by atoms with Crippen LogP contribution in [-0.4, -0.2) is 50.1 Å². The van der Waals surface area contributed by atoms with Crippen molar-refractivity contribution in [3.63, 3.8) is 0 Å². The minimum Gasteiger partial charge on any atom is -0.465 e. The maximum absolute atomic E-state index is 13.3. The molecular formula is C22H23ClN2O6S. The fourth-order valence-electron chi connectivity index (χ4n) is 3.53. The number of piperidine rings is 1. The second-order valence-corrected chi connectivity index (χ2v) is 9.68. The highest BCUT2D eigenvalue weighted by atomic mass is 35.5. The summed E-state index contributed by atoms with van der Waals surface area (Å²) < 4.78 is 32.4. The van der Waals surface area contributed by atoms with Gasteiger partial charge in [-0.2, -0.15) is 4.31 Å². The highest BCUT2D eigenvalue weighted by Crippen LogP contribution is 2.29. The van der Waals surface area contributed by atoms with Crippen LogP contribution in [0.5, 0.6) is 0 Å². The number of anilines is 1. The quantitative estimate of drug-likeness (QED) is 0.502. The number of sulfonamides is 1. The number of nitrogens with zero attached hydrogens (tertiary/aromatic N) is 1. The molecule has 1 aliphatic heterocycles. The van der Waals surface area contributed by atoms with Gasteiger partial charge in [-0.05, 0) is 50.1 Å². The van der Waals surface area contributed by atoms with E-state index in [9.17, 15) is 22.8 Å². The van der Waals surface area contributed by atoms with Crippen LogP contribution < -0.4 is 5.32 Å². The maximum Gasteiger partial charge on any atom is 0.337 e. The van der Waals surface area contributed by atoms with Gasteiger partial charge in [-0.15, -0.1) is 0 Å². The number of hydrogen-bond acceptors (Lipinski definition) is 6. The van der Waals surface area contributed by atoms with Gasteiger partial charge in [-0.25, -0.2) is 13.2 Å². The Morgan fingerprint density at radius 2 is 1.72 bits per heavy atom. The van der Waals surface area contributed by atoms with Crippen molar-refractivity contribution in [2.24, 2.45) is 0 Å². The number of rotatable bonds is 6. The third kappa shape index (κ3) is 5.01. The standard InChI is InChI=1S/C22H23ClN2O6S/c1-14(26)15-6-9-17(10-7-15)32(29,30)25-12-4-3-5-20(25)21(27)24-19-13-16(22(28)31-2)8-11-18(19)23/h6-11,13,20H,3-5,12H2,1-2H3,(H,24,27). The number of halogens is 1. The van der Waals surface area contributed by atoms with E-state index in [0.29, 0.717) is 24.8 Å². The molecule has 0 aromatic heterocycles. The summed E-state index contributed by atoms with van der Waals surface area (Å²) in [6, 6.07) is 8.99. The third-order valence-electron chi connectivity index (χ3n) is 5.27. The number of hydrogen-bond donors (Lipinski definition) is 1. The molecule has 0 saturated carbocycles. The van der Waals surface area contributed by atoms with E-state index in [4.69, 9.17) is 11.6 Å². The topological polar surface area (TPSA) is 110 Å². The number of Topliss-reactive ketones (excluding diaryl/α,β-unsaturated/α-hetero) is 1. The van der Waals surface area contributed by atoms with Gasteiger partial charge in [0.2, 0.25) is 15.9 Å². The molecule has 2 aromatic rings. The summed E-state index contributed by atoms with van der Waals surface area (Å²) in [4.78, 5) is 36.3. The van der Waals surface area contributed by atoms with Crippen LogP contribution in [0.25, 0.3) is 0 Å². The molecule has 0 spiro atoms. The van der Waals surface area contributed by atoms with Crippen molar-refractivity contribution in [1.82, 2.24) is 4.31 Å². The molecule has 8 nitrogen and oxygen atoms in total. The van der Waals surface area contributed by atoms with Gasteiger partial charge in [0, 0.05) is 12.1 Å². The van der Waals surface area contributed by atoms with Crippen molar-refractivity contribution in [2.75, 3.05) is 19.0 Å². The Morgan fingerprint density at radius 3 is 2.34 bits per heavy atom. The van der Waals surface area contributed by atoms with Crippen molar-refractivity contribution in [3.05, 3.63) is 58.6 Å². The van der Waals surface area contributed by atoms with Crippen LogP contribution in [0.2, 0.25) is 5.02 Å². The van der Waals surface area contributed by atoms with E-state index < -0.39 is 27.9 Å². The average Bonchev–Trinajstić information content (AvgIpc) is 2.80. The van der Waals surface area contributed by atoms with E-state index in [1.807, 2.05) is 0 Å².